The third-order valence-corrected chi connectivity index (χ3v) is 8.83. The van der Waals surface area contributed by atoms with Gasteiger partial charge in [-0.2, -0.15) is 22.7 Å². The van der Waals surface area contributed by atoms with Gasteiger partial charge in [-0.15, -0.1) is 0 Å². The lowest BCUT2D eigenvalue weighted by atomic mass is 10.1. The zero-order valence-electron chi connectivity index (χ0n) is 18.2. The highest BCUT2D eigenvalue weighted by Crippen LogP contribution is 2.45. The summed E-state index contributed by atoms with van der Waals surface area (Å²) in [4.78, 5) is 38.0. The Kier molecular flexibility index (Phi) is 5.48. The second-order valence-corrected chi connectivity index (χ2v) is 10.8. The number of fused-ring (bicyclic) bond motifs is 5. The molecule has 0 radical (unpaired) electrons. The number of nitro groups is 1. The number of hydrogen-bond donors (Lipinski definition) is 0. The molecule has 3 aliphatic heterocycles. The van der Waals surface area contributed by atoms with Crippen LogP contribution in [0.1, 0.15) is 17.5 Å². The van der Waals surface area contributed by atoms with E-state index in [1.807, 2.05) is 0 Å². The number of rotatable bonds is 4. The van der Waals surface area contributed by atoms with E-state index in [1.165, 1.54) is 6.07 Å². The molecule has 0 saturated carbocycles. The van der Waals surface area contributed by atoms with E-state index >= 15 is 0 Å². The topological polar surface area (TPSA) is 145 Å². The Hall–Kier alpha value is -3.74. The fourth-order valence-electron chi connectivity index (χ4n) is 5.06. The largest absolute Gasteiger partial charge is 0.417 e. The van der Waals surface area contributed by atoms with Gasteiger partial charge in [0.25, 0.3) is 11.6 Å². The number of benzene rings is 2. The Labute approximate surface area is 211 Å². The summed E-state index contributed by atoms with van der Waals surface area (Å²) >= 11 is 5.77. The average molecular weight is 556 g/mol. The molecule has 16 heteroatoms. The van der Waals surface area contributed by atoms with Crippen molar-refractivity contribution in [1.29, 1.82) is 5.26 Å². The molecule has 192 valence electrons. The molecule has 0 N–H and O–H groups in total. The zero-order chi connectivity index (χ0) is 27.0. The van der Waals surface area contributed by atoms with E-state index in [1.54, 1.807) is 0 Å². The number of alkyl halides is 3. The van der Waals surface area contributed by atoms with E-state index in [0.29, 0.717) is 11.0 Å². The van der Waals surface area contributed by atoms with Crippen LogP contribution < -0.4 is 4.90 Å². The van der Waals surface area contributed by atoms with E-state index in [-0.39, 0.29) is 18.0 Å². The summed E-state index contributed by atoms with van der Waals surface area (Å²) < 4.78 is 68.0. The van der Waals surface area contributed by atoms with Crippen LogP contribution in [0.3, 0.4) is 0 Å². The molecule has 2 bridgehead atoms. The number of nitriles is 1. The average Bonchev–Trinajstić information content (AvgIpc) is 3.49. The number of carbonyl (C=O) groups excluding carboxylic acids is 2. The quantitative estimate of drug-likeness (QED) is 0.320. The Morgan fingerprint density at radius 2 is 1.86 bits per heavy atom. The highest BCUT2D eigenvalue weighted by atomic mass is 35.5. The molecule has 5 rings (SSSR count). The molecule has 0 spiro atoms. The molecule has 2 aromatic carbocycles. The van der Waals surface area contributed by atoms with E-state index < -0.39 is 78.6 Å². The Balaban J connectivity index is 1.49. The van der Waals surface area contributed by atoms with Gasteiger partial charge in [0.1, 0.15) is 11.1 Å². The Morgan fingerprint density at radius 1 is 1.16 bits per heavy atom. The van der Waals surface area contributed by atoms with E-state index in [9.17, 15) is 41.3 Å². The number of halogens is 4. The molecule has 3 aliphatic rings. The molecule has 2 aromatic rings. The number of imide groups is 1. The number of nitro benzene ring substituents is 1. The maximum absolute atomic E-state index is 13.4. The van der Waals surface area contributed by atoms with Crippen molar-refractivity contribution >= 4 is 44.9 Å². The third-order valence-electron chi connectivity index (χ3n) is 6.63. The first-order valence-corrected chi connectivity index (χ1v) is 12.3. The minimum absolute atomic E-state index is 0.103. The van der Waals surface area contributed by atoms with Crippen molar-refractivity contribution in [2.24, 2.45) is 0 Å². The molecule has 3 saturated heterocycles. The predicted octanol–water partition coefficient (Wildman–Crippen LogP) is 3.12. The monoisotopic (exact) mass is 555 g/mol. The van der Waals surface area contributed by atoms with Crippen molar-refractivity contribution in [3.05, 3.63) is 62.7 Å². The summed E-state index contributed by atoms with van der Waals surface area (Å²) in [5.41, 5.74) is -3.05. The predicted molar refractivity (Wildman–Crippen MR) is 119 cm³/mol. The van der Waals surface area contributed by atoms with Gasteiger partial charge in [-0.3, -0.25) is 14.9 Å². The molecule has 0 aromatic heterocycles. The minimum Gasteiger partial charge on any atom is -0.306 e. The van der Waals surface area contributed by atoms with Crippen molar-refractivity contribution in [3.8, 4) is 6.07 Å². The molecule has 3 fully saturated rings. The fourth-order valence-corrected chi connectivity index (χ4v) is 6.94. The first kappa shape index (κ1) is 24.9. The van der Waals surface area contributed by atoms with E-state index in [2.05, 4.69) is 0 Å². The number of anilines is 1. The van der Waals surface area contributed by atoms with Gasteiger partial charge in [-0.25, -0.2) is 18.1 Å². The van der Waals surface area contributed by atoms with Gasteiger partial charge in [-0.1, -0.05) is 11.6 Å². The van der Waals surface area contributed by atoms with Crippen LogP contribution in [0.25, 0.3) is 0 Å². The van der Waals surface area contributed by atoms with Crippen molar-refractivity contribution in [1.82, 2.24) is 9.21 Å². The second-order valence-electron chi connectivity index (χ2n) is 8.55. The zero-order valence-corrected chi connectivity index (χ0v) is 19.8. The Morgan fingerprint density at radius 3 is 2.49 bits per heavy atom. The fraction of sp³-hybridized carbons (Fsp3) is 0.286. The summed E-state index contributed by atoms with van der Waals surface area (Å²) in [5, 5.41) is 19.9. The second kappa shape index (κ2) is 8.13. The number of piperazine rings is 1. The number of urea groups is 1. The summed E-state index contributed by atoms with van der Waals surface area (Å²) in [6, 6.07) is 2.79. The molecule has 1 unspecified atom stereocenters. The normalized spacial score (nSPS) is 23.5. The molecular weight excluding hydrogens is 543 g/mol. The minimum atomic E-state index is -4.92. The van der Waals surface area contributed by atoms with Crippen LogP contribution in [0, 0.1) is 21.4 Å². The van der Waals surface area contributed by atoms with Crippen molar-refractivity contribution in [2.45, 2.75) is 35.6 Å². The summed E-state index contributed by atoms with van der Waals surface area (Å²) in [6.07, 6.45) is -4.82. The number of sulfonamides is 1. The van der Waals surface area contributed by atoms with Crippen LogP contribution in [0.2, 0.25) is 5.02 Å². The van der Waals surface area contributed by atoms with Crippen LogP contribution in [-0.2, 0) is 21.0 Å². The number of hydrogen-bond acceptors (Lipinski definition) is 7. The summed E-state index contributed by atoms with van der Waals surface area (Å²) in [5.74, 6) is -0.919. The molecule has 0 aliphatic carbocycles. The lowest BCUT2D eigenvalue weighted by molar-refractivity contribution is -0.384. The number of carbonyl (C=O) groups is 2. The molecule has 3 atom stereocenters. The SMILES string of the molecule is N#Cc1ccc(N2C(=O)C3[C@@H]4C[C@@H](CN4S(=O)(=O)c4ccc(Cl)c([N+](=O)[O-])c4)N3C2=O)cc1C(F)(F)F. The van der Waals surface area contributed by atoms with Gasteiger partial charge in [0.05, 0.1) is 38.7 Å². The highest BCUT2D eigenvalue weighted by Gasteiger charge is 2.64. The smallest absolute Gasteiger partial charge is 0.306 e. The molecule has 3 amide bonds. The summed E-state index contributed by atoms with van der Waals surface area (Å²) in [7, 11) is -4.36. The number of amides is 3. The first-order valence-electron chi connectivity index (χ1n) is 10.5. The van der Waals surface area contributed by atoms with Crippen molar-refractivity contribution < 1.29 is 36.1 Å². The van der Waals surface area contributed by atoms with Gasteiger partial charge in [0.15, 0.2) is 0 Å². The third kappa shape index (κ3) is 3.63. The van der Waals surface area contributed by atoms with E-state index in [4.69, 9.17) is 16.9 Å². The van der Waals surface area contributed by atoms with Gasteiger partial charge in [0.2, 0.25) is 10.0 Å². The summed E-state index contributed by atoms with van der Waals surface area (Å²) in [6.45, 7) is -0.214. The van der Waals surface area contributed by atoms with Crippen LogP contribution in [-0.4, -0.2) is 59.2 Å². The standard InChI is InChI=1S/C21H13ClF3N5O6S/c22-15-4-3-13(7-16(15)30(33)34)37(35,36)27-9-12-6-17(27)18-19(31)29(20(32)28(12)18)11-2-1-10(8-26)14(5-11)21(23,24)25/h1-5,7,12,17-18H,6,9H2/t12-,17-,18?/m0/s1. The van der Waals surface area contributed by atoms with Gasteiger partial charge in [-0.05, 0) is 36.8 Å². The van der Waals surface area contributed by atoms with Crippen LogP contribution in [0.4, 0.5) is 29.3 Å². The maximum Gasteiger partial charge on any atom is 0.417 e. The first-order chi connectivity index (χ1) is 17.3. The van der Waals surface area contributed by atoms with E-state index in [0.717, 1.165) is 39.5 Å². The lowest BCUT2D eigenvalue weighted by Crippen LogP contribution is -2.54. The molecule has 37 heavy (non-hydrogen) atoms. The van der Waals surface area contributed by atoms with Gasteiger partial charge in [0, 0.05) is 18.7 Å². The van der Waals surface area contributed by atoms with Crippen LogP contribution >= 0.6 is 11.6 Å². The van der Waals surface area contributed by atoms with Crippen LogP contribution in [0.15, 0.2) is 41.3 Å². The van der Waals surface area contributed by atoms with Crippen LogP contribution in [0.5, 0.6) is 0 Å². The maximum atomic E-state index is 13.4. The molecule has 11 nitrogen and oxygen atoms in total. The highest BCUT2D eigenvalue weighted by molar-refractivity contribution is 7.89. The van der Waals surface area contributed by atoms with Gasteiger partial charge >= 0.3 is 12.2 Å². The van der Waals surface area contributed by atoms with Crippen molar-refractivity contribution in [2.75, 3.05) is 11.4 Å². The van der Waals surface area contributed by atoms with Crippen molar-refractivity contribution in [3.63, 3.8) is 0 Å². The number of nitrogens with zero attached hydrogens (tertiary/aromatic N) is 5. The van der Waals surface area contributed by atoms with Gasteiger partial charge < -0.3 is 4.90 Å². The molecular formula is C21H13ClF3N5O6S. The lowest BCUT2D eigenvalue weighted by Gasteiger charge is -2.34. The molecule has 3 heterocycles. The Bertz CT molecular complexity index is 1540.